The monoisotopic (exact) mass is 302 g/mol. The average Bonchev–Trinajstić information content (AvgIpc) is 2.95. The quantitative estimate of drug-likeness (QED) is 0.788. The minimum Gasteiger partial charge on any atom is -0.378 e. The molecule has 22 heavy (non-hydrogen) atoms. The van der Waals surface area contributed by atoms with E-state index in [0.717, 1.165) is 0 Å². The van der Waals surface area contributed by atoms with Crippen molar-refractivity contribution in [2.45, 2.75) is 19.0 Å². The number of carbonyl (C=O) groups is 1. The minimum absolute atomic E-state index is 0.0124. The second kappa shape index (κ2) is 6.67. The summed E-state index contributed by atoms with van der Waals surface area (Å²) in [6.07, 6.45) is 0.388. The summed E-state index contributed by atoms with van der Waals surface area (Å²) >= 11 is 0. The fourth-order valence-electron chi connectivity index (χ4n) is 2.61. The average molecular weight is 302 g/mol. The Morgan fingerprint density at radius 3 is 2.91 bits per heavy atom. The van der Waals surface area contributed by atoms with Gasteiger partial charge in [0.25, 0.3) is 0 Å². The van der Waals surface area contributed by atoms with Crippen LogP contribution in [0.15, 0.2) is 35.1 Å². The highest BCUT2D eigenvalue weighted by molar-refractivity contribution is 5.96. The molecule has 0 aliphatic carbocycles. The molecule has 1 aliphatic heterocycles. The van der Waals surface area contributed by atoms with Gasteiger partial charge in [-0.05, 0) is 0 Å². The van der Waals surface area contributed by atoms with Crippen LogP contribution in [0.25, 0.3) is 0 Å². The van der Waals surface area contributed by atoms with Gasteiger partial charge in [-0.3, -0.25) is 14.7 Å². The van der Waals surface area contributed by atoms with E-state index >= 15 is 0 Å². The van der Waals surface area contributed by atoms with Crippen molar-refractivity contribution in [3.05, 3.63) is 52.2 Å². The first-order valence-corrected chi connectivity index (χ1v) is 7.26. The lowest BCUT2D eigenvalue weighted by Gasteiger charge is -2.34. The minimum atomic E-state index is -0.319. The molecule has 0 radical (unpaired) electrons. The van der Waals surface area contributed by atoms with Gasteiger partial charge >= 0.3 is 5.69 Å². The maximum atomic E-state index is 12.4. The van der Waals surface area contributed by atoms with Crippen LogP contribution < -0.4 is 5.69 Å². The Hall–Kier alpha value is -2.25. The van der Waals surface area contributed by atoms with Gasteiger partial charge in [-0.2, -0.15) is 5.10 Å². The van der Waals surface area contributed by atoms with E-state index in [-0.39, 0.29) is 17.5 Å². The summed E-state index contributed by atoms with van der Waals surface area (Å²) in [5, 5.41) is 6.27. The van der Waals surface area contributed by atoms with Crippen molar-refractivity contribution >= 4 is 5.78 Å². The number of ether oxygens (including phenoxy) is 1. The molecule has 7 nitrogen and oxygen atoms in total. The first kappa shape index (κ1) is 14.7. The van der Waals surface area contributed by atoms with Crippen LogP contribution in [0.5, 0.6) is 0 Å². The van der Waals surface area contributed by atoms with Crippen LogP contribution in [0, 0.1) is 0 Å². The number of Topliss-reactive ketones (excluding diaryl/α,β-unsaturated/α-hetero) is 1. The van der Waals surface area contributed by atoms with E-state index in [2.05, 4.69) is 20.1 Å². The molecule has 1 atom stereocenters. The lowest BCUT2D eigenvalue weighted by Crippen LogP contribution is -2.46. The molecule has 0 amide bonds. The summed E-state index contributed by atoms with van der Waals surface area (Å²) in [6, 6.07) is 9.24. The molecule has 116 valence electrons. The topological polar surface area (TPSA) is 91.1 Å². The van der Waals surface area contributed by atoms with Crippen LogP contribution in [-0.2, 0) is 11.3 Å². The van der Waals surface area contributed by atoms with E-state index in [1.165, 1.54) is 0 Å². The van der Waals surface area contributed by atoms with Crippen molar-refractivity contribution in [2.75, 3.05) is 19.8 Å². The fourth-order valence-corrected chi connectivity index (χ4v) is 2.61. The molecule has 1 saturated heterocycles. The normalized spacial score (nSPS) is 19.2. The Balaban J connectivity index is 1.67. The maximum absolute atomic E-state index is 12.4. The number of hydrogen-bond acceptors (Lipinski definition) is 5. The van der Waals surface area contributed by atoms with Crippen LogP contribution in [0.1, 0.15) is 22.6 Å². The third-order valence-electron chi connectivity index (χ3n) is 3.77. The van der Waals surface area contributed by atoms with Crippen LogP contribution in [0.2, 0.25) is 0 Å². The van der Waals surface area contributed by atoms with E-state index < -0.39 is 0 Å². The molecule has 2 heterocycles. The zero-order chi connectivity index (χ0) is 15.4. The lowest BCUT2D eigenvalue weighted by molar-refractivity contribution is -0.0136. The number of nitrogens with zero attached hydrogens (tertiary/aromatic N) is 2. The molecule has 3 rings (SSSR count). The van der Waals surface area contributed by atoms with Crippen LogP contribution in [0.3, 0.4) is 0 Å². The second-order valence-corrected chi connectivity index (χ2v) is 5.32. The fraction of sp³-hybridized carbons (Fsp3) is 0.400. The summed E-state index contributed by atoms with van der Waals surface area (Å²) in [5.74, 6) is 0.667. The van der Waals surface area contributed by atoms with Crippen LogP contribution >= 0.6 is 0 Å². The Morgan fingerprint density at radius 1 is 1.36 bits per heavy atom. The van der Waals surface area contributed by atoms with Gasteiger partial charge in [-0.1, -0.05) is 30.3 Å². The van der Waals surface area contributed by atoms with Gasteiger partial charge in [-0.15, -0.1) is 0 Å². The third-order valence-corrected chi connectivity index (χ3v) is 3.77. The van der Waals surface area contributed by atoms with Crippen molar-refractivity contribution in [2.24, 2.45) is 0 Å². The Bertz CT molecular complexity index is 679. The van der Waals surface area contributed by atoms with E-state index in [1.807, 2.05) is 30.3 Å². The van der Waals surface area contributed by atoms with Gasteiger partial charge in [0.15, 0.2) is 5.78 Å². The molecule has 1 fully saturated rings. The van der Waals surface area contributed by atoms with Crippen molar-refractivity contribution in [1.29, 1.82) is 0 Å². The predicted octanol–water partition coefficient (Wildman–Crippen LogP) is 0.572. The van der Waals surface area contributed by atoms with E-state index in [4.69, 9.17) is 4.74 Å². The van der Waals surface area contributed by atoms with Gasteiger partial charge in [-0.25, -0.2) is 9.89 Å². The molecule has 0 spiro atoms. The number of ketones is 1. The number of aromatic nitrogens is 3. The SMILES string of the molecule is O=C(CC1COCCN1Cc1n[nH]c(=O)[nH]1)c1ccccc1. The Morgan fingerprint density at radius 2 is 2.18 bits per heavy atom. The Kier molecular flexibility index (Phi) is 4.45. The van der Waals surface area contributed by atoms with Gasteiger partial charge in [0.05, 0.1) is 19.8 Å². The summed E-state index contributed by atoms with van der Waals surface area (Å²) in [6.45, 7) is 2.33. The molecule has 1 aromatic carbocycles. The number of nitrogens with one attached hydrogen (secondary N) is 2. The molecule has 2 N–H and O–H groups in total. The molecule has 2 aromatic rings. The molecule has 0 saturated carbocycles. The van der Waals surface area contributed by atoms with E-state index in [0.29, 0.717) is 44.1 Å². The Labute approximate surface area is 127 Å². The van der Waals surface area contributed by atoms with Gasteiger partial charge in [0, 0.05) is 24.6 Å². The number of H-pyrrole nitrogens is 2. The number of benzene rings is 1. The predicted molar refractivity (Wildman–Crippen MR) is 79.6 cm³/mol. The zero-order valence-corrected chi connectivity index (χ0v) is 12.1. The van der Waals surface area contributed by atoms with Crippen molar-refractivity contribution in [1.82, 2.24) is 20.1 Å². The van der Waals surface area contributed by atoms with Gasteiger partial charge in [0.2, 0.25) is 0 Å². The molecule has 7 heteroatoms. The van der Waals surface area contributed by atoms with Crippen LogP contribution in [0.4, 0.5) is 0 Å². The number of morpholine rings is 1. The highest BCUT2D eigenvalue weighted by atomic mass is 16.5. The van der Waals surface area contributed by atoms with Crippen molar-refractivity contribution in [3.8, 4) is 0 Å². The number of carbonyl (C=O) groups excluding carboxylic acids is 1. The molecule has 0 bridgehead atoms. The van der Waals surface area contributed by atoms with E-state index in [9.17, 15) is 9.59 Å². The van der Waals surface area contributed by atoms with Crippen LogP contribution in [-0.4, -0.2) is 51.7 Å². The summed E-state index contributed by atoms with van der Waals surface area (Å²) < 4.78 is 5.50. The number of aromatic amines is 2. The lowest BCUT2D eigenvalue weighted by atomic mass is 10.0. The molecule has 1 aromatic heterocycles. The molecular weight excluding hydrogens is 284 g/mol. The number of rotatable bonds is 5. The summed E-state index contributed by atoms with van der Waals surface area (Å²) in [7, 11) is 0. The van der Waals surface area contributed by atoms with Gasteiger partial charge < -0.3 is 4.74 Å². The maximum Gasteiger partial charge on any atom is 0.340 e. The third kappa shape index (κ3) is 3.49. The molecular formula is C15H18N4O3. The highest BCUT2D eigenvalue weighted by Crippen LogP contribution is 2.15. The van der Waals surface area contributed by atoms with E-state index in [1.54, 1.807) is 0 Å². The first-order valence-electron chi connectivity index (χ1n) is 7.26. The smallest absolute Gasteiger partial charge is 0.340 e. The molecule has 1 unspecified atom stereocenters. The summed E-state index contributed by atoms with van der Waals surface area (Å²) in [4.78, 5) is 28.2. The van der Waals surface area contributed by atoms with Crippen molar-refractivity contribution < 1.29 is 9.53 Å². The largest absolute Gasteiger partial charge is 0.378 e. The zero-order valence-electron chi connectivity index (χ0n) is 12.1. The number of hydrogen-bond donors (Lipinski definition) is 2. The van der Waals surface area contributed by atoms with Crippen molar-refractivity contribution in [3.63, 3.8) is 0 Å². The summed E-state index contributed by atoms with van der Waals surface area (Å²) in [5.41, 5.74) is 0.390. The second-order valence-electron chi connectivity index (χ2n) is 5.32. The standard InChI is InChI=1S/C15H18N4O3/c20-13(11-4-2-1-3-5-11)8-12-10-22-7-6-19(12)9-14-16-15(21)18-17-14/h1-5,12H,6-10H2,(H2,16,17,18,21). The highest BCUT2D eigenvalue weighted by Gasteiger charge is 2.26. The first-order chi connectivity index (χ1) is 10.7. The van der Waals surface area contributed by atoms with Gasteiger partial charge in [0.1, 0.15) is 5.82 Å². The molecule has 1 aliphatic rings.